The number of alkyl halides is 6. The van der Waals surface area contributed by atoms with Crippen LogP contribution in [0.4, 0.5) is 26.3 Å². The molecule has 3 fully saturated rings. The summed E-state index contributed by atoms with van der Waals surface area (Å²) >= 11 is 0. The maximum absolute atomic E-state index is 13.8. The SMILES string of the molecule is CCOc1cc([C@]2(CCN3CCC(N4CCCCC4)CC3)CCCCN(C(=O)Cc3cc(C(F)(F)F)cc(C(F)(F)F)c3)C2)ccc1C=O. The number of halogens is 6. The molecule has 3 heterocycles. The molecule has 0 unspecified atom stereocenters. The van der Waals surface area contributed by atoms with Gasteiger partial charge in [-0.3, -0.25) is 9.59 Å². The number of carbonyl (C=O) groups is 2. The highest BCUT2D eigenvalue weighted by molar-refractivity contribution is 5.80. The molecule has 6 nitrogen and oxygen atoms in total. The Balaban J connectivity index is 1.39. The van der Waals surface area contributed by atoms with Crippen molar-refractivity contribution in [1.29, 1.82) is 0 Å². The van der Waals surface area contributed by atoms with Crippen LogP contribution in [0.25, 0.3) is 0 Å². The van der Waals surface area contributed by atoms with E-state index in [1.54, 1.807) is 11.0 Å². The second-order valence-corrected chi connectivity index (χ2v) is 13.9. The predicted molar refractivity (Wildman–Crippen MR) is 175 cm³/mol. The van der Waals surface area contributed by atoms with Crippen LogP contribution in [0.3, 0.4) is 0 Å². The van der Waals surface area contributed by atoms with Crippen molar-refractivity contribution in [2.24, 2.45) is 0 Å². The van der Waals surface area contributed by atoms with Crippen LogP contribution in [0.5, 0.6) is 5.75 Å². The minimum atomic E-state index is -5.00. The lowest BCUT2D eigenvalue weighted by atomic mass is 9.73. The molecule has 0 spiro atoms. The number of likely N-dealkylation sites (tertiary alicyclic amines) is 3. The Morgan fingerprint density at radius 3 is 2.14 bits per heavy atom. The van der Waals surface area contributed by atoms with E-state index in [1.807, 2.05) is 19.1 Å². The molecule has 3 aliphatic heterocycles. The molecule has 49 heavy (non-hydrogen) atoms. The molecule has 3 saturated heterocycles. The van der Waals surface area contributed by atoms with Gasteiger partial charge in [0.1, 0.15) is 5.75 Å². The zero-order valence-electron chi connectivity index (χ0n) is 28.2. The van der Waals surface area contributed by atoms with Gasteiger partial charge in [-0.1, -0.05) is 18.9 Å². The van der Waals surface area contributed by atoms with E-state index in [0.717, 1.165) is 70.3 Å². The van der Waals surface area contributed by atoms with E-state index in [0.29, 0.717) is 55.5 Å². The number of carbonyl (C=O) groups excluding carboxylic acids is 2. The summed E-state index contributed by atoms with van der Waals surface area (Å²) in [4.78, 5) is 32.3. The standard InChI is InChI=1S/C37H47F6N3O3/c1-2-49-33-24-29(9-8-28(33)25-47)35(13-19-44-17-10-32(11-18-44)45-14-5-3-6-15-45)12-4-7-16-46(26-35)34(48)22-27-20-30(36(38,39)40)23-31(21-27)37(41,42)43/h8-9,20-21,23-25,32H,2-7,10-19,22,26H2,1H3/t35-/m0/s1. The summed E-state index contributed by atoms with van der Waals surface area (Å²) in [6.07, 6.45) is -0.994. The normalized spacial score (nSPS) is 22.1. The van der Waals surface area contributed by atoms with Gasteiger partial charge in [0, 0.05) is 24.5 Å². The quantitative estimate of drug-likeness (QED) is 0.188. The van der Waals surface area contributed by atoms with Crippen molar-refractivity contribution in [3.8, 4) is 5.75 Å². The first-order chi connectivity index (χ1) is 23.3. The zero-order valence-corrected chi connectivity index (χ0v) is 28.2. The Labute approximate surface area is 284 Å². The van der Waals surface area contributed by atoms with Crippen LogP contribution in [0.2, 0.25) is 0 Å². The molecule has 0 aromatic heterocycles. The summed E-state index contributed by atoms with van der Waals surface area (Å²) in [5, 5.41) is 0. The van der Waals surface area contributed by atoms with Crippen LogP contribution in [-0.4, -0.2) is 85.4 Å². The molecule has 5 rings (SSSR count). The number of rotatable bonds is 10. The highest BCUT2D eigenvalue weighted by atomic mass is 19.4. The largest absolute Gasteiger partial charge is 0.493 e. The number of hydrogen-bond acceptors (Lipinski definition) is 5. The van der Waals surface area contributed by atoms with Gasteiger partial charge in [-0.05, 0) is 126 Å². The lowest BCUT2D eigenvalue weighted by Gasteiger charge is -2.42. The number of nitrogens with zero attached hydrogens (tertiary/aromatic N) is 3. The number of hydrogen-bond donors (Lipinski definition) is 0. The van der Waals surface area contributed by atoms with E-state index >= 15 is 0 Å². The second kappa shape index (κ2) is 15.8. The van der Waals surface area contributed by atoms with Crippen LogP contribution < -0.4 is 4.74 Å². The smallest absolute Gasteiger partial charge is 0.416 e. The first kappa shape index (κ1) is 37.1. The molecule has 1 atom stereocenters. The molecule has 0 radical (unpaired) electrons. The summed E-state index contributed by atoms with van der Waals surface area (Å²) in [6, 6.07) is 7.43. The molecule has 2 aromatic carbocycles. The second-order valence-electron chi connectivity index (χ2n) is 13.9. The third-order valence-corrected chi connectivity index (χ3v) is 10.6. The lowest BCUT2D eigenvalue weighted by molar-refractivity contribution is -0.143. The fraction of sp³-hybridized carbons (Fsp3) is 0.622. The van der Waals surface area contributed by atoms with E-state index in [9.17, 15) is 35.9 Å². The van der Waals surface area contributed by atoms with E-state index in [-0.39, 0.29) is 18.2 Å². The van der Waals surface area contributed by atoms with Crippen molar-refractivity contribution < 1.29 is 40.7 Å². The molecule has 0 aliphatic carbocycles. The number of ether oxygens (including phenoxy) is 1. The maximum atomic E-state index is 13.8. The van der Waals surface area contributed by atoms with Gasteiger partial charge in [0.05, 0.1) is 29.7 Å². The van der Waals surface area contributed by atoms with Crippen molar-refractivity contribution in [3.63, 3.8) is 0 Å². The van der Waals surface area contributed by atoms with Crippen LogP contribution >= 0.6 is 0 Å². The van der Waals surface area contributed by atoms with Crippen molar-refractivity contribution in [2.45, 2.75) is 94.9 Å². The molecule has 0 saturated carbocycles. The average Bonchev–Trinajstić information content (AvgIpc) is 3.31. The Morgan fingerprint density at radius 1 is 0.878 bits per heavy atom. The van der Waals surface area contributed by atoms with Crippen molar-refractivity contribution in [2.75, 3.05) is 52.4 Å². The molecule has 1 amide bonds. The van der Waals surface area contributed by atoms with Crippen LogP contribution in [0, 0.1) is 0 Å². The van der Waals surface area contributed by atoms with Gasteiger partial charge in [-0.25, -0.2) is 0 Å². The first-order valence-electron chi connectivity index (χ1n) is 17.6. The van der Waals surface area contributed by atoms with Gasteiger partial charge in [-0.2, -0.15) is 26.3 Å². The van der Waals surface area contributed by atoms with E-state index in [1.165, 1.54) is 19.3 Å². The summed E-state index contributed by atoms with van der Waals surface area (Å²) in [5.41, 5.74) is -2.44. The summed E-state index contributed by atoms with van der Waals surface area (Å²) in [6.45, 7) is 7.81. The van der Waals surface area contributed by atoms with E-state index in [2.05, 4.69) is 9.80 Å². The fourth-order valence-corrected chi connectivity index (χ4v) is 7.90. The summed E-state index contributed by atoms with van der Waals surface area (Å²) in [7, 11) is 0. The molecule has 270 valence electrons. The van der Waals surface area contributed by atoms with E-state index < -0.39 is 41.2 Å². The zero-order chi connectivity index (χ0) is 35.2. The molecule has 3 aliphatic rings. The van der Waals surface area contributed by atoms with Crippen molar-refractivity contribution >= 4 is 12.2 Å². The highest BCUT2D eigenvalue weighted by Gasteiger charge is 2.40. The monoisotopic (exact) mass is 695 g/mol. The van der Waals surface area contributed by atoms with Gasteiger partial charge >= 0.3 is 12.4 Å². The number of benzene rings is 2. The Kier molecular flexibility index (Phi) is 12.0. The number of piperidine rings is 2. The van der Waals surface area contributed by atoms with Gasteiger partial charge in [0.25, 0.3) is 0 Å². The maximum Gasteiger partial charge on any atom is 0.416 e. The fourth-order valence-electron chi connectivity index (χ4n) is 7.90. The molecule has 0 N–H and O–H groups in total. The average molecular weight is 696 g/mol. The molecule has 2 aromatic rings. The van der Waals surface area contributed by atoms with Crippen LogP contribution in [0.15, 0.2) is 36.4 Å². The van der Waals surface area contributed by atoms with Gasteiger partial charge in [0.2, 0.25) is 5.91 Å². The minimum Gasteiger partial charge on any atom is -0.493 e. The Hall–Kier alpha value is -3.12. The number of aldehydes is 1. The first-order valence-corrected chi connectivity index (χ1v) is 17.6. The van der Waals surface area contributed by atoms with Crippen LogP contribution in [0.1, 0.15) is 97.3 Å². The summed E-state index contributed by atoms with van der Waals surface area (Å²) in [5.74, 6) is -0.0712. The van der Waals surface area contributed by atoms with Gasteiger partial charge < -0.3 is 19.4 Å². The lowest BCUT2D eigenvalue weighted by Crippen LogP contribution is -2.48. The summed E-state index contributed by atoms with van der Waals surface area (Å²) < 4.78 is 87.2. The molecule has 12 heteroatoms. The third-order valence-electron chi connectivity index (χ3n) is 10.6. The van der Waals surface area contributed by atoms with Gasteiger partial charge in [0.15, 0.2) is 6.29 Å². The van der Waals surface area contributed by atoms with Crippen molar-refractivity contribution in [1.82, 2.24) is 14.7 Å². The third kappa shape index (κ3) is 9.36. The van der Waals surface area contributed by atoms with Crippen LogP contribution in [-0.2, 0) is 29.0 Å². The molecule has 0 bridgehead atoms. The Morgan fingerprint density at radius 2 is 1.53 bits per heavy atom. The molecular weight excluding hydrogens is 648 g/mol. The van der Waals surface area contributed by atoms with Crippen molar-refractivity contribution in [3.05, 3.63) is 64.2 Å². The topological polar surface area (TPSA) is 53.1 Å². The predicted octanol–water partition coefficient (Wildman–Crippen LogP) is 7.77. The Bertz CT molecular complexity index is 1400. The molecular formula is C37H47F6N3O3. The van der Waals surface area contributed by atoms with Gasteiger partial charge in [-0.15, -0.1) is 0 Å². The highest BCUT2D eigenvalue weighted by Crippen LogP contribution is 2.41. The minimum absolute atomic E-state index is 0.0826. The van der Waals surface area contributed by atoms with E-state index in [4.69, 9.17) is 4.74 Å². The number of amides is 1.